The molecule has 1 aliphatic heterocycles. The third kappa shape index (κ3) is 5.73. The Hall–Kier alpha value is -2.08. The third-order valence-electron chi connectivity index (χ3n) is 4.89. The van der Waals surface area contributed by atoms with Crippen molar-refractivity contribution < 1.29 is 19.1 Å². The van der Waals surface area contributed by atoms with Gasteiger partial charge in [0.05, 0.1) is 6.10 Å². The number of aryl methyl sites for hydroxylation is 1. The van der Waals surface area contributed by atoms with Gasteiger partial charge >= 0.3 is 0 Å². The fraction of sp³-hybridized carbons (Fsp3) is 0.600. The van der Waals surface area contributed by atoms with Crippen molar-refractivity contribution in [3.05, 3.63) is 23.8 Å². The summed E-state index contributed by atoms with van der Waals surface area (Å²) in [5.74, 6) is 0.558. The average Bonchev–Trinajstić information content (AvgIpc) is 2.67. The Kier molecular flexibility index (Phi) is 6.89. The Morgan fingerprint density at radius 1 is 1.19 bits per heavy atom. The van der Waals surface area contributed by atoms with Crippen molar-refractivity contribution in [2.45, 2.75) is 57.5 Å². The van der Waals surface area contributed by atoms with Crippen LogP contribution < -0.4 is 15.4 Å². The highest BCUT2D eigenvalue weighted by molar-refractivity contribution is 5.94. The van der Waals surface area contributed by atoms with E-state index in [0.29, 0.717) is 37.8 Å². The fourth-order valence-electron chi connectivity index (χ4n) is 3.43. The maximum atomic E-state index is 11.9. The summed E-state index contributed by atoms with van der Waals surface area (Å²) >= 11 is 0. The molecule has 2 amide bonds. The van der Waals surface area contributed by atoms with E-state index < -0.39 is 0 Å². The SMILES string of the molecule is O=C(COc1ccc2c(c1)CCC(=O)N2)NCCCOC1CCCCC1. The summed E-state index contributed by atoms with van der Waals surface area (Å²) in [5, 5.41) is 5.69. The number of carbonyl (C=O) groups excluding carboxylic acids is 2. The van der Waals surface area contributed by atoms with E-state index in [-0.39, 0.29) is 18.4 Å². The van der Waals surface area contributed by atoms with Crippen LogP contribution in [0, 0.1) is 0 Å². The molecule has 0 aromatic heterocycles. The van der Waals surface area contributed by atoms with Crippen LogP contribution in [0.4, 0.5) is 5.69 Å². The van der Waals surface area contributed by atoms with E-state index in [9.17, 15) is 9.59 Å². The predicted octanol–water partition coefficient (Wildman–Crippen LogP) is 2.81. The van der Waals surface area contributed by atoms with Gasteiger partial charge in [0.25, 0.3) is 5.91 Å². The predicted molar refractivity (Wildman–Crippen MR) is 99.3 cm³/mol. The van der Waals surface area contributed by atoms with E-state index >= 15 is 0 Å². The second-order valence-corrected chi connectivity index (χ2v) is 6.99. The molecule has 6 heteroatoms. The Balaban J connectivity index is 1.30. The molecule has 1 aliphatic carbocycles. The summed E-state index contributed by atoms with van der Waals surface area (Å²) in [7, 11) is 0. The molecular formula is C20H28N2O4. The van der Waals surface area contributed by atoms with Gasteiger partial charge in [0, 0.05) is 25.3 Å². The standard InChI is InChI=1S/C20H28N2O4/c23-19-10-7-15-13-17(8-9-18(15)22-19)26-14-20(24)21-11-4-12-25-16-5-2-1-3-6-16/h8-9,13,16H,1-7,10-12,14H2,(H,21,24)(H,22,23). The lowest BCUT2D eigenvalue weighted by molar-refractivity contribution is -0.123. The zero-order valence-electron chi connectivity index (χ0n) is 15.2. The molecule has 142 valence electrons. The van der Waals surface area contributed by atoms with Gasteiger partial charge in [-0.05, 0) is 49.4 Å². The Morgan fingerprint density at radius 3 is 2.88 bits per heavy atom. The second-order valence-electron chi connectivity index (χ2n) is 6.99. The second kappa shape index (κ2) is 9.57. The fourth-order valence-corrected chi connectivity index (χ4v) is 3.43. The lowest BCUT2D eigenvalue weighted by Gasteiger charge is -2.21. The lowest BCUT2D eigenvalue weighted by atomic mass is 9.98. The topological polar surface area (TPSA) is 76.7 Å². The molecular weight excluding hydrogens is 332 g/mol. The molecule has 0 spiro atoms. The molecule has 1 saturated carbocycles. The van der Waals surface area contributed by atoms with Crippen LogP contribution in [0.3, 0.4) is 0 Å². The Morgan fingerprint density at radius 2 is 2.04 bits per heavy atom. The zero-order chi connectivity index (χ0) is 18.2. The molecule has 2 N–H and O–H groups in total. The van der Waals surface area contributed by atoms with Crippen LogP contribution in [0.5, 0.6) is 5.75 Å². The van der Waals surface area contributed by atoms with Gasteiger partial charge in [-0.25, -0.2) is 0 Å². The molecule has 0 bridgehead atoms. The monoisotopic (exact) mass is 360 g/mol. The minimum Gasteiger partial charge on any atom is -0.484 e. The first kappa shape index (κ1) is 18.7. The highest BCUT2D eigenvalue weighted by atomic mass is 16.5. The van der Waals surface area contributed by atoms with Crippen LogP contribution >= 0.6 is 0 Å². The van der Waals surface area contributed by atoms with Crippen molar-refractivity contribution in [1.82, 2.24) is 5.32 Å². The highest BCUT2D eigenvalue weighted by Crippen LogP contribution is 2.26. The number of anilines is 1. The van der Waals surface area contributed by atoms with Gasteiger partial charge in [-0.2, -0.15) is 0 Å². The maximum absolute atomic E-state index is 11.9. The molecule has 1 aromatic carbocycles. The molecule has 0 unspecified atom stereocenters. The summed E-state index contributed by atoms with van der Waals surface area (Å²) in [4.78, 5) is 23.2. The molecule has 0 atom stereocenters. The largest absolute Gasteiger partial charge is 0.484 e. The van der Waals surface area contributed by atoms with Gasteiger partial charge in [0.1, 0.15) is 5.75 Å². The molecule has 3 rings (SSSR count). The molecule has 0 radical (unpaired) electrons. The minimum atomic E-state index is -0.131. The van der Waals surface area contributed by atoms with E-state index in [1.807, 2.05) is 12.1 Å². The van der Waals surface area contributed by atoms with Crippen molar-refractivity contribution in [3.63, 3.8) is 0 Å². The minimum absolute atomic E-state index is 0.00533. The van der Waals surface area contributed by atoms with Crippen LogP contribution in [-0.2, 0) is 20.7 Å². The first-order chi connectivity index (χ1) is 12.7. The number of fused-ring (bicyclic) bond motifs is 1. The smallest absolute Gasteiger partial charge is 0.257 e. The number of nitrogens with one attached hydrogen (secondary N) is 2. The number of hydrogen-bond acceptors (Lipinski definition) is 4. The number of rotatable bonds is 8. The van der Waals surface area contributed by atoms with E-state index in [0.717, 1.165) is 17.7 Å². The Bertz CT molecular complexity index is 626. The third-order valence-corrected chi connectivity index (χ3v) is 4.89. The highest BCUT2D eigenvalue weighted by Gasteiger charge is 2.15. The summed E-state index contributed by atoms with van der Waals surface area (Å²) in [6, 6.07) is 5.48. The Labute approximate surface area is 154 Å². The van der Waals surface area contributed by atoms with Crippen LogP contribution in [-0.4, -0.2) is 37.7 Å². The molecule has 1 aromatic rings. The van der Waals surface area contributed by atoms with Crippen LogP contribution in [0.2, 0.25) is 0 Å². The maximum Gasteiger partial charge on any atom is 0.257 e. The lowest BCUT2D eigenvalue weighted by Crippen LogP contribution is -2.30. The van der Waals surface area contributed by atoms with E-state index in [4.69, 9.17) is 9.47 Å². The van der Waals surface area contributed by atoms with Crippen LogP contribution in [0.15, 0.2) is 18.2 Å². The molecule has 0 saturated heterocycles. The summed E-state index contributed by atoms with van der Waals surface area (Å²) in [5.41, 5.74) is 1.87. The van der Waals surface area contributed by atoms with E-state index in [1.165, 1.54) is 32.1 Å². The average molecular weight is 360 g/mol. The number of benzene rings is 1. The van der Waals surface area contributed by atoms with Gasteiger partial charge in [-0.15, -0.1) is 0 Å². The van der Waals surface area contributed by atoms with Crippen molar-refractivity contribution >= 4 is 17.5 Å². The summed E-state index contributed by atoms with van der Waals surface area (Å²) in [6.45, 7) is 1.29. The van der Waals surface area contributed by atoms with Crippen molar-refractivity contribution in [2.75, 3.05) is 25.1 Å². The van der Waals surface area contributed by atoms with Gasteiger partial charge in [0.2, 0.25) is 5.91 Å². The number of ether oxygens (including phenoxy) is 2. The summed E-state index contributed by atoms with van der Waals surface area (Å²) < 4.78 is 11.4. The quantitative estimate of drug-likeness (QED) is 0.699. The van der Waals surface area contributed by atoms with E-state index in [2.05, 4.69) is 10.6 Å². The van der Waals surface area contributed by atoms with Crippen LogP contribution in [0.25, 0.3) is 0 Å². The zero-order valence-corrected chi connectivity index (χ0v) is 15.2. The van der Waals surface area contributed by atoms with Crippen molar-refractivity contribution in [2.24, 2.45) is 0 Å². The van der Waals surface area contributed by atoms with Crippen molar-refractivity contribution in [3.8, 4) is 5.75 Å². The normalized spacial score (nSPS) is 17.3. The number of carbonyl (C=O) groups is 2. The molecule has 1 fully saturated rings. The van der Waals surface area contributed by atoms with Gasteiger partial charge in [-0.1, -0.05) is 19.3 Å². The molecule has 6 nitrogen and oxygen atoms in total. The summed E-state index contributed by atoms with van der Waals surface area (Å²) in [6.07, 6.45) is 8.63. The van der Waals surface area contributed by atoms with Crippen molar-refractivity contribution in [1.29, 1.82) is 0 Å². The van der Waals surface area contributed by atoms with E-state index in [1.54, 1.807) is 6.07 Å². The van der Waals surface area contributed by atoms with Gasteiger partial charge < -0.3 is 20.1 Å². The molecule has 2 aliphatic rings. The first-order valence-electron chi connectivity index (χ1n) is 9.64. The molecule has 26 heavy (non-hydrogen) atoms. The van der Waals surface area contributed by atoms with Gasteiger partial charge in [-0.3, -0.25) is 9.59 Å². The first-order valence-corrected chi connectivity index (χ1v) is 9.64. The number of amides is 2. The molecule has 1 heterocycles. The van der Waals surface area contributed by atoms with Gasteiger partial charge in [0.15, 0.2) is 6.61 Å². The number of hydrogen-bond donors (Lipinski definition) is 2. The van der Waals surface area contributed by atoms with Crippen LogP contribution in [0.1, 0.15) is 50.5 Å².